The molecular weight excluding hydrogens is 369 g/mol. The molecule has 0 radical (unpaired) electrons. The van der Waals surface area contributed by atoms with Gasteiger partial charge in [0.1, 0.15) is 0 Å². The van der Waals surface area contributed by atoms with E-state index in [0.717, 1.165) is 22.2 Å². The fourth-order valence-electron chi connectivity index (χ4n) is 3.13. The third-order valence-corrected chi connectivity index (χ3v) is 5.17. The first kappa shape index (κ1) is 18.6. The van der Waals surface area contributed by atoms with Gasteiger partial charge in [0.15, 0.2) is 6.61 Å². The van der Waals surface area contributed by atoms with E-state index in [2.05, 4.69) is 9.72 Å². The molecule has 2 atom stereocenters. The maximum Gasteiger partial charge on any atom is 0.422 e. The normalized spacial score (nSPS) is 21.0. The molecule has 0 aliphatic carbocycles. The number of carbonyl (C=O) groups excluding carboxylic acids is 2. The highest BCUT2D eigenvalue weighted by atomic mass is 32.1. The van der Waals surface area contributed by atoms with Crippen molar-refractivity contribution in [1.29, 1.82) is 0 Å². The zero-order valence-electron chi connectivity index (χ0n) is 14.0. The quantitative estimate of drug-likeness (QED) is 0.583. The summed E-state index contributed by atoms with van der Waals surface area (Å²) < 4.78 is 41.8. The van der Waals surface area contributed by atoms with Gasteiger partial charge in [-0.15, -0.1) is 11.3 Å². The minimum absolute atomic E-state index is 0.147. The van der Waals surface area contributed by atoms with Crippen LogP contribution < -0.4 is 0 Å². The van der Waals surface area contributed by atoms with Gasteiger partial charge < -0.3 is 9.64 Å². The number of benzene rings is 1. The van der Waals surface area contributed by atoms with E-state index >= 15 is 0 Å². The highest BCUT2D eigenvalue weighted by Crippen LogP contribution is 2.35. The van der Waals surface area contributed by atoms with Crippen LogP contribution in [0.2, 0.25) is 0 Å². The van der Waals surface area contributed by atoms with E-state index in [-0.39, 0.29) is 12.0 Å². The number of likely N-dealkylation sites (tertiary alicyclic amines) is 1. The summed E-state index contributed by atoms with van der Waals surface area (Å²) in [4.78, 5) is 29.8. The Balaban J connectivity index is 1.81. The molecule has 140 valence electrons. The lowest BCUT2D eigenvalue weighted by Gasteiger charge is -2.38. The molecular formula is C17H17F3N2O3S. The molecule has 1 aromatic carbocycles. The summed E-state index contributed by atoms with van der Waals surface area (Å²) in [5, 5.41) is 0. The van der Waals surface area contributed by atoms with Crippen molar-refractivity contribution in [2.45, 2.75) is 32.0 Å². The second kappa shape index (κ2) is 7.22. The Morgan fingerprint density at radius 1 is 1.35 bits per heavy atom. The number of hydrogen-bond donors (Lipinski definition) is 0. The molecule has 1 saturated heterocycles. The van der Waals surface area contributed by atoms with Crippen LogP contribution in [0.4, 0.5) is 13.2 Å². The van der Waals surface area contributed by atoms with Crippen LogP contribution >= 0.6 is 11.3 Å². The minimum Gasteiger partial charge on any atom is -0.449 e. The second-order valence-electron chi connectivity index (χ2n) is 6.43. The van der Waals surface area contributed by atoms with Crippen LogP contribution in [0.3, 0.4) is 0 Å². The molecule has 0 saturated carbocycles. The number of hydrogen-bond acceptors (Lipinski definition) is 5. The molecule has 2 aromatic rings. The standard InChI is InChI=1S/C17H17F3N2O3S/c1-10-2-4-13(11-3-5-14-12(6-11)21-9-26-14)22(7-10)15(23)16(24)25-8-17(18,19)20/h3,5-6,9-10,13H,2,4,7-8H2,1H3/t10-,13+/m0/s1. The molecule has 5 nitrogen and oxygen atoms in total. The smallest absolute Gasteiger partial charge is 0.422 e. The molecule has 2 heterocycles. The Morgan fingerprint density at radius 3 is 2.85 bits per heavy atom. The van der Waals surface area contributed by atoms with E-state index < -0.39 is 24.7 Å². The van der Waals surface area contributed by atoms with Crippen LogP contribution in [0, 0.1) is 5.92 Å². The van der Waals surface area contributed by atoms with Crippen LogP contribution in [0.1, 0.15) is 31.4 Å². The van der Waals surface area contributed by atoms with Gasteiger partial charge in [0.2, 0.25) is 0 Å². The van der Waals surface area contributed by atoms with E-state index in [9.17, 15) is 22.8 Å². The topological polar surface area (TPSA) is 59.5 Å². The maximum absolute atomic E-state index is 12.4. The van der Waals surface area contributed by atoms with Gasteiger partial charge in [0.05, 0.1) is 21.8 Å². The van der Waals surface area contributed by atoms with Crippen molar-refractivity contribution in [1.82, 2.24) is 9.88 Å². The first-order valence-corrected chi connectivity index (χ1v) is 9.00. The molecule has 1 fully saturated rings. The summed E-state index contributed by atoms with van der Waals surface area (Å²) in [6, 6.07) is 5.23. The van der Waals surface area contributed by atoms with Gasteiger partial charge in [0.25, 0.3) is 0 Å². The summed E-state index contributed by atoms with van der Waals surface area (Å²) in [6.07, 6.45) is -3.20. The number of ether oxygens (including phenoxy) is 1. The Hall–Kier alpha value is -2.16. The number of carbonyl (C=O) groups is 2. The lowest BCUT2D eigenvalue weighted by atomic mass is 9.89. The highest BCUT2D eigenvalue weighted by molar-refractivity contribution is 7.16. The molecule has 0 unspecified atom stereocenters. The van der Waals surface area contributed by atoms with Crippen LogP contribution in [0.25, 0.3) is 10.2 Å². The van der Waals surface area contributed by atoms with E-state index in [1.807, 2.05) is 25.1 Å². The number of nitrogens with zero attached hydrogens (tertiary/aromatic N) is 2. The van der Waals surface area contributed by atoms with Gasteiger partial charge in [-0.1, -0.05) is 13.0 Å². The number of alkyl halides is 3. The molecule has 1 aliphatic heterocycles. The van der Waals surface area contributed by atoms with Gasteiger partial charge in [-0.25, -0.2) is 9.78 Å². The average molecular weight is 386 g/mol. The number of thiazole rings is 1. The number of piperidine rings is 1. The monoisotopic (exact) mass is 386 g/mol. The van der Waals surface area contributed by atoms with E-state index in [4.69, 9.17) is 0 Å². The third-order valence-electron chi connectivity index (χ3n) is 4.36. The zero-order valence-corrected chi connectivity index (χ0v) is 14.8. The molecule has 9 heteroatoms. The van der Waals surface area contributed by atoms with Crippen molar-refractivity contribution in [2.24, 2.45) is 5.92 Å². The first-order chi connectivity index (χ1) is 12.2. The van der Waals surface area contributed by atoms with Gasteiger partial charge in [-0.2, -0.15) is 13.2 Å². The van der Waals surface area contributed by atoms with Gasteiger partial charge in [-0.3, -0.25) is 4.79 Å². The van der Waals surface area contributed by atoms with Crippen molar-refractivity contribution in [3.05, 3.63) is 29.3 Å². The molecule has 26 heavy (non-hydrogen) atoms. The third kappa shape index (κ3) is 4.14. The Bertz CT molecular complexity index is 821. The van der Waals surface area contributed by atoms with Crippen molar-refractivity contribution < 1.29 is 27.5 Å². The fraction of sp³-hybridized carbons (Fsp3) is 0.471. The predicted octanol–water partition coefficient (Wildman–Crippen LogP) is 3.70. The molecule has 1 aliphatic rings. The van der Waals surface area contributed by atoms with Crippen molar-refractivity contribution in [3.8, 4) is 0 Å². The van der Waals surface area contributed by atoms with Gasteiger partial charge in [-0.05, 0) is 36.5 Å². The van der Waals surface area contributed by atoms with Crippen LogP contribution in [0.5, 0.6) is 0 Å². The van der Waals surface area contributed by atoms with Gasteiger partial charge in [0, 0.05) is 6.54 Å². The Kier molecular flexibility index (Phi) is 5.17. The van der Waals surface area contributed by atoms with Crippen molar-refractivity contribution in [2.75, 3.05) is 13.2 Å². The molecule has 0 N–H and O–H groups in total. The lowest BCUT2D eigenvalue weighted by Crippen LogP contribution is -2.45. The number of fused-ring (bicyclic) bond motifs is 1. The van der Waals surface area contributed by atoms with E-state index in [0.29, 0.717) is 13.0 Å². The van der Waals surface area contributed by atoms with E-state index in [1.165, 1.54) is 16.2 Å². The summed E-state index contributed by atoms with van der Waals surface area (Å²) in [6.45, 7) is 0.456. The number of amides is 1. The lowest BCUT2D eigenvalue weighted by molar-refractivity contribution is -0.190. The molecule has 1 aromatic heterocycles. The van der Waals surface area contributed by atoms with E-state index in [1.54, 1.807) is 5.51 Å². The number of halogens is 3. The zero-order chi connectivity index (χ0) is 18.9. The summed E-state index contributed by atoms with van der Waals surface area (Å²) >= 11 is 1.49. The molecule has 0 spiro atoms. The fourth-order valence-corrected chi connectivity index (χ4v) is 3.79. The number of aromatic nitrogens is 1. The van der Waals surface area contributed by atoms with Crippen LogP contribution in [0.15, 0.2) is 23.7 Å². The maximum atomic E-state index is 12.4. The second-order valence-corrected chi connectivity index (χ2v) is 7.31. The Morgan fingerprint density at radius 2 is 2.12 bits per heavy atom. The number of esters is 1. The molecule has 3 rings (SSSR count). The highest BCUT2D eigenvalue weighted by Gasteiger charge is 2.37. The molecule has 0 bridgehead atoms. The Labute approximate surface area is 151 Å². The van der Waals surface area contributed by atoms with Gasteiger partial charge >= 0.3 is 18.1 Å². The predicted molar refractivity (Wildman–Crippen MR) is 89.5 cm³/mol. The SMILES string of the molecule is C[C@H]1CC[C@H](c2ccc3scnc3c2)N(C(=O)C(=O)OCC(F)(F)F)C1. The average Bonchev–Trinajstić information content (AvgIpc) is 3.06. The number of rotatable bonds is 2. The minimum atomic E-state index is -4.67. The summed E-state index contributed by atoms with van der Waals surface area (Å²) in [5.74, 6) is -2.37. The first-order valence-electron chi connectivity index (χ1n) is 8.12. The summed E-state index contributed by atoms with van der Waals surface area (Å²) in [5.41, 5.74) is 3.32. The van der Waals surface area contributed by atoms with Crippen molar-refractivity contribution in [3.63, 3.8) is 0 Å². The largest absolute Gasteiger partial charge is 0.449 e. The van der Waals surface area contributed by atoms with Crippen molar-refractivity contribution >= 4 is 33.4 Å². The van der Waals surface area contributed by atoms with Crippen LogP contribution in [-0.4, -0.2) is 41.1 Å². The molecule has 1 amide bonds. The summed E-state index contributed by atoms with van der Waals surface area (Å²) in [7, 11) is 0. The van der Waals surface area contributed by atoms with Crippen LogP contribution in [-0.2, 0) is 14.3 Å².